The molecule has 0 N–H and O–H groups in total. The van der Waals surface area contributed by atoms with Crippen molar-refractivity contribution in [2.75, 3.05) is 14.1 Å². The van der Waals surface area contributed by atoms with Crippen molar-refractivity contribution in [3.05, 3.63) is 47.7 Å². The fourth-order valence-electron chi connectivity index (χ4n) is 1.13. The first kappa shape index (κ1) is 13.7. The summed E-state index contributed by atoms with van der Waals surface area (Å²) in [5, 5.41) is 0. The van der Waals surface area contributed by atoms with Crippen molar-refractivity contribution in [1.29, 1.82) is 0 Å². The molecule has 90 valence electrons. The number of carbonyl (C=O) groups excluding carboxylic acids is 2. The van der Waals surface area contributed by atoms with E-state index in [0.29, 0.717) is 11.1 Å². The minimum atomic E-state index is -0.423. The van der Waals surface area contributed by atoms with Crippen LogP contribution >= 0.6 is 23.0 Å². The van der Waals surface area contributed by atoms with Gasteiger partial charge in [0, 0.05) is 31.9 Å². The van der Waals surface area contributed by atoms with Crippen LogP contribution in [-0.2, 0) is 3.07 Å². The zero-order valence-electron chi connectivity index (χ0n) is 9.51. The summed E-state index contributed by atoms with van der Waals surface area (Å²) in [4.78, 5) is 24.6. The van der Waals surface area contributed by atoms with Crippen molar-refractivity contribution in [2.45, 2.75) is 0 Å². The number of allylic oxidation sites excluding steroid dienone is 1. The van der Waals surface area contributed by atoms with Crippen LogP contribution in [-0.4, -0.2) is 30.7 Å². The smallest absolute Gasteiger partial charge is 0.347 e. The molecule has 0 spiro atoms. The number of halogens is 1. The van der Waals surface area contributed by atoms with Gasteiger partial charge in [-0.25, -0.2) is 4.79 Å². The van der Waals surface area contributed by atoms with Crippen LogP contribution in [0.1, 0.15) is 20.7 Å². The minimum absolute atomic E-state index is 0.104. The molecule has 4 nitrogen and oxygen atoms in total. The molecule has 0 saturated carbocycles. The molecule has 1 rings (SSSR count). The summed E-state index contributed by atoms with van der Waals surface area (Å²) in [6, 6.07) is 6.34. The van der Waals surface area contributed by atoms with Crippen LogP contribution < -0.4 is 0 Å². The molecule has 1 aromatic rings. The summed E-state index contributed by atoms with van der Waals surface area (Å²) >= 11 is 1.53. The Morgan fingerprint density at radius 2 is 1.71 bits per heavy atom. The number of rotatable bonds is 4. The molecule has 0 saturated heterocycles. The zero-order valence-corrected chi connectivity index (χ0v) is 11.7. The first-order valence-electron chi connectivity index (χ1n) is 4.86. The Morgan fingerprint density at radius 3 is 2.18 bits per heavy atom. The lowest BCUT2D eigenvalue weighted by atomic mass is 10.1. The van der Waals surface area contributed by atoms with Gasteiger partial charge in [0.1, 0.15) is 0 Å². The van der Waals surface area contributed by atoms with Gasteiger partial charge < -0.3 is 7.97 Å². The van der Waals surface area contributed by atoms with E-state index in [1.165, 1.54) is 29.1 Å². The highest BCUT2D eigenvalue weighted by molar-refractivity contribution is 14.1. The summed E-state index contributed by atoms with van der Waals surface area (Å²) in [6.45, 7) is 0. The second-order valence-electron chi connectivity index (χ2n) is 3.59. The molecular weight excluding hydrogens is 333 g/mol. The topological polar surface area (TPSA) is 46.6 Å². The second kappa shape index (κ2) is 6.39. The highest BCUT2D eigenvalue weighted by Gasteiger charge is 2.07. The van der Waals surface area contributed by atoms with Crippen molar-refractivity contribution in [1.82, 2.24) is 4.90 Å². The Labute approximate surface area is 114 Å². The zero-order chi connectivity index (χ0) is 12.8. The average Bonchev–Trinajstić information content (AvgIpc) is 2.35. The molecule has 0 aliphatic heterocycles. The quantitative estimate of drug-likeness (QED) is 0.478. The Bertz CT molecular complexity index is 438. The highest BCUT2D eigenvalue weighted by atomic mass is 127. The number of ketones is 1. The predicted octanol–water partition coefficient (Wildman–Crippen LogP) is 2.45. The van der Waals surface area contributed by atoms with E-state index in [4.69, 9.17) is 0 Å². The van der Waals surface area contributed by atoms with Gasteiger partial charge in [0.15, 0.2) is 28.8 Å². The van der Waals surface area contributed by atoms with Gasteiger partial charge in [0.05, 0.1) is 5.56 Å². The van der Waals surface area contributed by atoms with E-state index >= 15 is 0 Å². The summed E-state index contributed by atoms with van der Waals surface area (Å²) < 4.78 is 4.54. The number of benzene rings is 1. The summed E-state index contributed by atoms with van der Waals surface area (Å²) in [7, 11) is 3.67. The molecule has 0 fully saturated rings. The molecule has 0 heterocycles. The maximum Gasteiger partial charge on any atom is 0.347 e. The lowest BCUT2D eigenvalue weighted by Gasteiger charge is -2.03. The first-order chi connectivity index (χ1) is 8.04. The van der Waals surface area contributed by atoms with Gasteiger partial charge in [-0.2, -0.15) is 0 Å². The SMILES string of the molecule is CN(C)/C=C/C(=O)c1ccc(C(=O)OI)cc1. The van der Waals surface area contributed by atoms with E-state index < -0.39 is 5.97 Å². The predicted molar refractivity (Wildman–Crippen MR) is 73.0 cm³/mol. The van der Waals surface area contributed by atoms with Crippen LogP contribution in [0.3, 0.4) is 0 Å². The van der Waals surface area contributed by atoms with E-state index in [9.17, 15) is 9.59 Å². The van der Waals surface area contributed by atoms with Gasteiger partial charge >= 0.3 is 5.97 Å². The van der Waals surface area contributed by atoms with E-state index in [2.05, 4.69) is 3.07 Å². The lowest BCUT2D eigenvalue weighted by molar-refractivity contribution is 0.0799. The van der Waals surface area contributed by atoms with E-state index in [0.717, 1.165) is 0 Å². The molecule has 0 unspecified atom stereocenters. The monoisotopic (exact) mass is 345 g/mol. The third-order valence-corrected chi connectivity index (χ3v) is 2.40. The minimum Gasteiger partial charge on any atom is -0.391 e. The third kappa shape index (κ3) is 4.18. The third-order valence-electron chi connectivity index (χ3n) is 2.00. The fourth-order valence-corrected chi connectivity index (χ4v) is 1.38. The van der Waals surface area contributed by atoms with Crippen LogP contribution in [0.15, 0.2) is 36.5 Å². The van der Waals surface area contributed by atoms with Crippen molar-refractivity contribution >= 4 is 34.8 Å². The van der Waals surface area contributed by atoms with E-state index in [-0.39, 0.29) is 5.78 Å². The molecule has 0 aliphatic carbocycles. The lowest BCUT2D eigenvalue weighted by Crippen LogP contribution is -2.03. The molecule has 1 aromatic carbocycles. The van der Waals surface area contributed by atoms with Crippen molar-refractivity contribution in [3.8, 4) is 0 Å². The van der Waals surface area contributed by atoms with E-state index in [1.54, 1.807) is 35.4 Å². The molecule has 0 bridgehead atoms. The van der Waals surface area contributed by atoms with Crippen LogP contribution in [0.5, 0.6) is 0 Å². The first-order valence-corrected chi connectivity index (χ1v) is 5.74. The molecule has 0 aromatic heterocycles. The van der Waals surface area contributed by atoms with E-state index in [1.807, 2.05) is 14.1 Å². The van der Waals surface area contributed by atoms with Crippen LogP contribution in [0.4, 0.5) is 0 Å². The Morgan fingerprint density at radius 1 is 1.18 bits per heavy atom. The molecule has 0 amide bonds. The van der Waals surface area contributed by atoms with Crippen LogP contribution in [0.2, 0.25) is 0 Å². The average molecular weight is 345 g/mol. The van der Waals surface area contributed by atoms with Gasteiger partial charge in [-0.1, -0.05) is 12.1 Å². The molecule has 0 atom stereocenters. The largest absolute Gasteiger partial charge is 0.391 e. The van der Waals surface area contributed by atoms with Crippen LogP contribution in [0, 0.1) is 0 Å². The standard InChI is InChI=1S/C12H12INO3/c1-14(2)8-7-11(15)9-3-5-10(6-4-9)12(16)17-13/h3-8H,1-2H3/b8-7+. The normalized spacial score (nSPS) is 10.3. The van der Waals surface area contributed by atoms with Gasteiger partial charge in [-0.15, -0.1) is 0 Å². The molecule has 5 heteroatoms. The maximum absolute atomic E-state index is 11.7. The second-order valence-corrected chi connectivity index (χ2v) is 4.03. The van der Waals surface area contributed by atoms with Crippen molar-refractivity contribution in [2.24, 2.45) is 0 Å². The number of hydrogen-bond acceptors (Lipinski definition) is 4. The summed E-state index contributed by atoms with van der Waals surface area (Å²) in [6.07, 6.45) is 3.15. The Kier molecular flexibility index (Phi) is 5.14. The number of nitrogens with zero attached hydrogens (tertiary/aromatic N) is 1. The molecule has 0 aliphatic rings. The van der Waals surface area contributed by atoms with Crippen molar-refractivity contribution < 1.29 is 12.7 Å². The Balaban J connectivity index is 2.81. The fraction of sp³-hybridized carbons (Fsp3) is 0.167. The van der Waals surface area contributed by atoms with Gasteiger partial charge in [-0.05, 0) is 12.1 Å². The number of hydrogen-bond donors (Lipinski definition) is 0. The van der Waals surface area contributed by atoms with Gasteiger partial charge in [0.2, 0.25) is 0 Å². The van der Waals surface area contributed by atoms with Gasteiger partial charge in [0.25, 0.3) is 0 Å². The maximum atomic E-state index is 11.7. The van der Waals surface area contributed by atoms with Crippen molar-refractivity contribution in [3.63, 3.8) is 0 Å². The molecule has 0 radical (unpaired) electrons. The van der Waals surface area contributed by atoms with Gasteiger partial charge in [-0.3, -0.25) is 4.79 Å². The molecule has 17 heavy (non-hydrogen) atoms. The highest BCUT2D eigenvalue weighted by Crippen LogP contribution is 2.08. The van der Waals surface area contributed by atoms with Crippen LogP contribution in [0.25, 0.3) is 0 Å². The molecular formula is C12H12INO3. The summed E-state index contributed by atoms with van der Waals surface area (Å²) in [5.41, 5.74) is 0.959. The summed E-state index contributed by atoms with van der Waals surface area (Å²) in [5.74, 6) is -0.526. The Hall–Kier alpha value is -1.37. The number of carbonyl (C=O) groups is 2.